The number of ketones is 1. The maximum atomic E-state index is 14.4. The Morgan fingerprint density at radius 1 is 1.07 bits per heavy atom. The molecule has 0 spiro atoms. The van der Waals surface area contributed by atoms with E-state index in [1.807, 2.05) is 13.0 Å². The van der Waals surface area contributed by atoms with Crippen LogP contribution in [0.1, 0.15) is 87.2 Å². The average Bonchev–Trinajstić information content (AvgIpc) is 3.91. The van der Waals surface area contributed by atoms with Gasteiger partial charge in [0.2, 0.25) is 5.91 Å². The topological polar surface area (TPSA) is 124 Å². The zero-order valence-electron chi connectivity index (χ0n) is 26.7. The molecule has 7 nitrogen and oxygen atoms in total. The number of rotatable bonds is 9. The van der Waals surface area contributed by atoms with Gasteiger partial charge in [-0.3, -0.25) is 14.5 Å². The lowest BCUT2D eigenvalue weighted by atomic mass is 9.50. The fourth-order valence-electron chi connectivity index (χ4n) is 9.30. The SMILES string of the molecule is CCCN(Cc1cccc(-c2ccc(O)c3c2CC2CC4CC(O)=C(C(N)=O)[C@@](C)(C5(C)CC5)C4C(O)=C2C3=O)c1)CC1CC1. The summed E-state index contributed by atoms with van der Waals surface area (Å²) in [4.78, 5) is 29.6. The minimum absolute atomic E-state index is 0.00672. The van der Waals surface area contributed by atoms with Crippen LogP contribution in [0.3, 0.4) is 0 Å². The summed E-state index contributed by atoms with van der Waals surface area (Å²) in [5, 5.41) is 34.3. The van der Waals surface area contributed by atoms with Gasteiger partial charge < -0.3 is 21.1 Å². The molecule has 2 aromatic carbocycles. The minimum Gasteiger partial charge on any atom is -0.512 e. The lowest BCUT2D eigenvalue weighted by Crippen LogP contribution is -2.52. The molecule has 0 heterocycles. The summed E-state index contributed by atoms with van der Waals surface area (Å²) in [6.07, 6.45) is 6.79. The van der Waals surface area contributed by atoms with Gasteiger partial charge in [0.1, 0.15) is 17.3 Å². The van der Waals surface area contributed by atoms with E-state index < -0.39 is 17.2 Å². The number of carbonyl (C=O) groups is 2. The second-order valence-electron chi connectivity index (χ2n) is 15.0. The number of Topliss-reactive ketones (excluding diaryl/α,β-unsaturated/α-hetero) is 1. The molecule has 0 aliphatic heterocycles. The second kappa shape index (κ2) is 10.8. The number of aliphatic hydroxyl groups is 2. The molecular formula is C38H46N2O5. The number of carbonyl (C=O) groups excluding carboxylic acids is 2. The monoisotopic (exact) mass is 610 g/mol. The minimum atomic E-state index is -0.899. The van der Waals surface area contributed by atoms with Crippen LogP contribution < -0.4 is 5.73 Å². The van der Waals surface area contributed by atoms with Crippen LogP contribution in [0.15, 0.2) is 59.1 Å². The van der Waals surface area contributed by atoms with Gasteiger partial charge in [-0.2, -0.15) is 0 Å². The lowest BCUT2D eigenvalue weighted by molar-refractivity contribution is -0.118. The second-order valence-corrected chi connectivity index (χ2v) is 15.0. The number of hydrogen-bond acceptors (Lipinski definition) is 6. The molecule has 7 rings (SSSR count). The van der Waals surface area contributed by atoms with E-state index in [0.29, 0.717) is 18.4 Å². The first-order valence-electron chi connectivity index (χ1n) is 16.8. The third-order valence-corrected chi connectivity index (χ3v) is 12.0. The Kier molecular flexibility index (Phi) is 7.19. The predicted octanol–water partition coefficient (Wildman–Crippen LogP) is 6.99. The Morgan fingerprint density at radius 3 is 2.49 bits per heavy atom. The van der Waals surface area contributed by atoms with Crippen LogP contribution in [-0.2, 0) is 17.8 Å². The molecule has 2 saturated carbocycles. The summed E-state index contributed by atoms with van der Waals surface area (Å²) in [5.74, 6) is -1.15. The first-order valence-corrected chi connectivity index (χ1v) is 16.8. The molecule has 0 saturated heterocycles. The van der Waals surface area contributed by atoms with Crippen LogP contribution in [0.25, 0.3) is 11.1 Å². The van der Waals surface area contributed by atoms with Gasteiger partial charge in [-0.05, 0) is 109 Å². The molecule has 0 radical (unpaired) electrons. The van der Waals surface area contributed by atoms with Crippen LogP contribution in [-0.4, -0.2) is 45.0 Å². The molecule has 5 N–H and O–H groups in total. The molecule has 0 aromatic heterocycles. The summed E-state index contributed by atoms with van der Waals surface area (Å²) < 4.78 is 0. The first-order chi connectivity index (χ1) is 21.5. The summed E-state index contributed by atoms with van der Waals surface area (Å²) in [6, 6.07) is 12.0. The van der Waals surface area contributed by atoms with Gasteiger partial charge in [-0.1, -0.05) is 45.0 Å². The number of phenols is 1. The standard InChI is InChI=1S/C38H46N2O5/c1-4-14-40(19-21-8-9-21)20-22-6-5-7-23(15-22)26-10-11-28(41)31-27(26)17-24-16-25-18-29(42)33(36(39)45)38(3,37(2)12-13-37)32(25)35(44)30(24)34(31)43/h5-7,10-11,15,21,24-25,32,41-42,44H,4,8-9,12-14,16-20H2,1-3H3,(H2,39,45)/t24?,25?,32?,38-/m0/s1. The maximum Gasteiger partial charge on any atom is 0.248 e. The van der Waals surface area contributed by atoms with Crippen molar-refractivity contribution in [1.29, 1.82) is 0 Å². The van der Waals surface area contributed by atoms with Crippen molar-refractivity contribution >= 4 is 11.7 Å². The Bertz CT molecular complexity index is 1650. The Hall–Kier alpha value is -3.58. The number of primary amides is 1. The number of nitrogens with two attached hydrogens (primary N) is 1. The van der Waals surface area contributed by atoms with Crippen molar-refractivity contribution in [2.45, 2.75) is 78.7 Å². The van der Waals surface area contributed by atoms with Gasteiger partial charge in [0.05, 0.1) is 11.1 Å². The highest BCUT2D eigenvalue weighted by Crippen LogP contribution is 2.70. The van der Waals surface area contributed by atoms with Crippen molar-refractivity contribution in [2.75, 3.05) is 13.1 Å². The van der Waals surface area contributed by atoms with Crippen LogP contribution >= 0.6 is 0 Å². The normalized spacial score (nSPS) is 28.5. The van der Waals surface area contributed by atoms with Gasteiger partial charge in [0.25, 0.3) is 0 Å². The van der Waals surface area contributed by atoms with E-state index in [9.17, 15) is 24.9 Å². The van der Waals surface area contributed by atoms with Gasteiger partial charge in [-0.25, -0.2) is 0 Å². The average molecular weight is 611 g/mol. The van der Waals surface area contributed by atoms with Crippen LogP contribution in [0, 0.1) is 34.5 Å². The number of allylic oxidation sites excluding steroid dienone is 3. The fourth-order valence-corrected chi connectivity index (χ4v) is 9.30. The summed E-state index contributed by atoms with van der Waals surface area (Å²) in [7, 11) is 0. The zero-order chi connectivity index (χ0) is 31.8. The third kappa shape index (κ3) is 4.81. The Labute approximate surface area is 265 Å². The van der Waals surface area contributed by atoms with E-state index in [2.05, 4.69) is 43.0 Å². The zero-order valence-corrected chi connectivity index (χ0v) is 26.7. The van der Waals surface area contributed by atoms with E-state index in [1.54, 1.807) is 6.07 Å². The van der Waals surface area contributed by atoms with Gasteiger partial charge in [-0.15, -0.1) is 0 Å². The van der Waals surface area contributed by atoms with E-state index in [-0.39, 0.29) is 57.9 Å². The molecule has 5 aliphatic carbocycles. The number of benzene rings is 2. The van der Waals surface area contributed by atoms with E-state index in [1.165, 1.54) is 18.4 Å². The molecule has 1 amide bonds. The molecular weight excluding hydrogens is 564 g/mol. The largest absolute Gasteiger partial charge is 0.512 e. The molecule has 2 fully saturated rings. The van der Waals surface area contributed by atoms with Crippen molar-refractivity contribution in [2.24, 2.45) is 40.2 Å². The molecule has 4 atom stereocenters. The molecule has 5 aliphatic rings. The smallest absolute Gasteiger partial charge is 0.248 e. The summed E-state index contributed by atoms with van der Waals surface area (Å²) >= 11 is 0. The molecule has 0 bridgehead atoms. The van der Waals surface area contributed by atoms with Crippen molar-refractivity contribution in [1.82, 2.24) is 4.90 Å². The maximum absolute atomic E-state index is 14.4. The highest BCUT2D eigenvalue weighted by Gasteiger charge is 2.65. The highest BCUT2D eigenvalue weighted by molar-refractivity contribution is 6.14. The van der Waals surface area contributed by atoms with Crippen molar-refractivity contribution in [3.8, 4) is 16.9 Å². The summed E-state index contributed by atoms with van der Waals surface area (Å²) in [5.41, 5.74) is 9.43. The molecule has 45 heavy (non-hydrogen) atoms. The van der Waals surface area contributed by atoms with Crippen LogP contribution in [0.2, 0.25) is 0 Å². The Morgan fingerprint density at radius 2 is 1.82 bits per heavy atom. The number of nitrogens with zero attached hydrogens (tertiary/aromatic N) is 1. The van der Waals surface area contributed by atoms with Gasteiger partial charge in [0, 0.05) is 36.4 Å². The van der Waals surface area contributed by atoms with Gasteiger partial charge in [0.15, 0.2) is 5.78 Å². The molecule has 2 aromatic rings. The highest BCUT2D eigenvalue weighted by atomic mass is 16.3. The van der Waals surface area contributed by atoms with Crippen molar-refractivity contribution in [3.63, 3.8) is 0 Å². The predicted molar refractivity (Wildman–Crippen MR) is 174 cm³/mol. The van der Waals surface area contributed by atoms with Crippen molar-refractivity contribution < 1.29 is 24.9 Å². The third-order valence-electron chi connectivity index (χ3n) is 12.0. The number of fused-ring (bicyclic) bond motifs is 3. The van der Waals surface area contributed by atoms with Crippen LogP contribution in [0.4, 0.5) is 0 Å². The molecule has 3 unspecified atom stereocenters. The molecule has 238 valence electrons. The number of amides is 1. The quantitative estimate of drug-likeness (QED) is 0.243. The lowest BCUT2D eigenvalue weighted by Gasteiger charge is -2.53. The van der Waals surface area contributed by atoms with E-state index in [4.69, 9.17) is 5.73 Å². The number of aliphatic hydroxyl groups excluding tert-OH is 2. The Balaban J connectivity index is 1.28. The fraction of sp³-hybridized carbons (Fsp3) is 0.526. The number of hydrogen-bond donors (Lipinski definition) is 4. The first kappa shape index (κ1) is 30.1. The number of phenolic OH excluding ortho intramolecular Hbond substituents is 1. The number of aromatic hydroxyl groups is 1. The summed E-state index contributed by atoms with van der Waals surface area (Å²) in [6.45, 7) is 9.31. The van der Waals surface area contributed by atoms with Crippen LogP contribution in [0.5, 0.6) is 5.75 Å². The van der Waals surface area contributed by atoms with Crippen molar-refractivity contribution in [3.05, 3.63) is 75.8 Å². The molecule has 7 heteroatoms. The van der Waals surface area contributed by atoms with Gasteiger partial charge >= 0.3 is 0 Å². The van der Waals surface area contributed by atoms with E-state index >= 15 is 0 Å². The van der Waals surface area contributed by atoms with E-state index in [0.717, 1.165) is 61.5 Å².